The van der Waals surface area contributed by atoms with Crippen LogP contribution in [0.1, 0.15) is 18.2 Å². The molecule has 1 aromatic heterocycles. The predicted molar refractivity (Wildman–Crippen MR) is 80.3 cm³/mol. The highest BCUT2D eigenvalue weighted by Crippen LogP contribution is 2.31. The lowest BCUT2D eigenvalue weighted by atomic mass is 9.76. The number of aliphatic carboxylic acids is 1. The average Bonchev–Trinajstić information content (AvgIpc) is 2.54. The molecule has 23 heavy (non-hydrogen) atoms. The van der Waals surface area contributed by atoms with E-state index in [4.69, 9.17) is 4.74 Å². The van der Waals surface area contributed by atoms with Crippen molar-refractivity contribution in [1.29, 1.82) is 0 Å². The summed E-state index contributed by atoms with van der Waals surface area (Å²) >= 11 is 0. The van der Waals surface area contributed by atoms with Gasteiger partial charge in [0.2, 0.25) is 0 Å². The Balaban J connectivity index is 2.57. The molecule has 1 aromatic carbocycles. The van der Waals surface area contributed by atoms with Crippen LogP contribution in [0.2, 0.25) is 0 Å². The van der Waals surface area contributed by atoms with Gasteiger partial charge in [-0.15, -0.1) is 0 Å². The number of esters is 1. The van der Waals surface area contributed by atoms with E-state index in [2.05, 4.69) is 4.98 Å². The summed E-state index contributed by atoms with van der Waals surface area (Å²) in [5, 5.41) is 9.78. The smallest absolute Gasteiger partial charge is 0.328 e. The van der Waals surface area contributed by atoms with Gasteiger partial charge in [-0.1, -0.05) is 18.2 Å². The third kappa shape index (κ3) is 3.36. The number of carboxylic acids is 1. The molecular formula is C17H16FNO4. The number of ether oxygens (including phenoxy) is 1. The first kappa shape index (κ1) is 16.6. The Morgan fingerprint density at radius 2 is 1.91 bits per heavy atom. The summed E-state index contributed by atoms with van der Waals surface area (Å²) in [5.41, 5.74) is -1.40. The van der Waals surface area contributed by atoms with Crippen LogP contribution >= 0.6 is 0 Å². The number of pyridine rings is 1. The van der Waals surface area contributed by atoms with Gasteiger partial charge in [-0.2, -0.15) is 0 Å². The summed E-state index contributed by atoms with van der Waals surface area (Å²) in [6.45, 7) is 1.63. The highest BCUT2D eigenvalue weighted by atomic mass is 19.1. The SMILES string of the molecule is CCOC(=O)C(Cc1ccccn1)(C(=O)O)c1ccc(F)cc1. The molecule has 2 rings (SSSR count). The van der Waals surface area contributed by atoms with Gasteiger partial charge in [0.15, 0.2) is 5.41 Å². The Morgan fingerprint density at radius 1 is 1.22 bits per heavy atom. The third-order valence-corrected chi connectivity index (χ3v) is 3.50. The van der Waals surface area contributed by atoms with Crippen LogP contribution in [0.15, 0.2) is 48.7 Å². The lowest BCUT2D eigenvalue weighted by molar-refractivity contribution is -0.161. The Bertz CT molecular complexity index is 687. The van der Waals surface area contributed by atoms with Crippen LogP contribution in [0.25, 0.3) is 0 Å². The number of carbonyl (C=O) groups excluding carboxylic acids is 1. The minimum absolute atomic E-state index is 0.0390. The van der Waals surface area contributed by atoms with Crippen molar-refractivity contribution < 1.29 is 23.8 Å². The topological polar surface area (TPSA) is 76.5 Å². The molecule has 0 saturated carbocycles. The van der Waals surface area contributed by atoms with Gasteiger partial charge in [-0.3, -0.25) is 14.6 Å². The summed E-state index contributed by atoms with van der Waals surface area (Å²) in [7, 11) is 0. The molecule has 0 bridgehead atoms. The summed E-state index contributed by atoms with van der Waals surface area (Å²) in [6.07, 6.45) is 1.32. The zero-order valence-electron chi connectivity index (χ0n) is 12.5. The largest absolute Gasteiger partial charge is 0.480 e. The third-order valence-electron chi connectivity index (χ3n) is 3.50. The quantitative estimate of drug-likeness (QED) is 0.654. The van der Waals surface area contributed by atoms with Gasteiger partial charge in [0.25, 0.3) is 0 Å². The van der Waals surface area contributed by atoms with Gasteiger partial charge in [-0.25, -0.2) is 4.39 Å². The molecule has 0 aliphatic carbocycles. The number of halogens is 1. The molecule has 0 saturated heterocycles. The molecule has 2 aromatic rings. The molecule has 1 heterocycles. The van der Waals surface area contributed by atoms with E-state index in [0.29, 0.717) is 5.69 Å². The summed E-state index contributed by atoms with van der Waals surface area (Å²) in [6, 6.07) is 9.81. The van der Waals surface area contributed by atoms with Crippen molar-refractivity contribution in [3.8, 4) is 0 Å². The van der Waals surface area contributed by atoms with E-state index in [9.17, 15) is 19.1 Å². The zero-order chi connectivity index (χ0) is 16.9. The standard InChI is InChI=1S/C17H16FNO4/c1-2-23-16(22)17(15(20)21,11-14-5-3-4-10-19-14)12-6-8-13(18)9-7-12/h3-10H,2,11H2,1H3,(H,20,21). The van der Waals surface area contributed by atoms with E-state index in [1.807, 2.05) is 0 Å². The first-order chi connectivity index (χ1) is 11.0. The van der Waals surface area contributed by atoms with E-state index in [1.165, 1.54) is 18.3 Å². The van der Waals surface area contributed by atoms with Crippen LogP contribution in [0, 0.1) is 5.82 Å². The van der Waals surface area contributed by atoms with Gasteiger partial charge < -0.3 is 9.84 Å². The normalized spacial score (nSPS) is 13.1. The van der Waals surface area contributed by atoms with Crippen LogP contribution in [-0.2, 0) is 26.2 Å². The number of carbonyl (C=O) groups is 2. The Morgan fingerprint density at radius 3 is 2.43 bits per heavy atom. The molecule has 1 N–H and O–H groups in total. The number of nitrogens with zero attached hydrogens (tertiary/aromatic N) is 1. The van der Waals surface area contributed by atoms with E-state index >= 15 is 0 Å². The number of rotatable bonds is 6. The van der Waals surface area contributed by atoms with Crippen LogP contribution in [-0.4, -0.2) is 28.6 Å². The minimum Gasteiger partial charge on any atom is -0.480 e. The number of hydrogen-bond donors (Lipinski definition) is 1. The molecule has 0 fully saturated rings. The van der Waals surface area contributed by atoms with Crippen molar-refractivity contribution >= 4 is 11.9 Å². The monoisotopic (exact) mass is 317 g/mol. The van der Waals surface area contributed by atoms with Crippen LogP contribution < -0.4 is 0 Å². The highest BCUT2D eigenvalue weighted by Gasteiger charge is 2.50. The Labute approximate surface area is 132 Å². The fourth-order valence-electron chi connectivity index (χ4n) is 2.34. The van der Waals surface area contributed by atoms with E-state index in [1.54, 1.807) is 25.1 Å². The van der Waals surface area contributed by atoms with Crippen molar-refractivity contribution in [3.05, 3.63) is 65.7 Å². The van der Waals surface area contributed by atoms with E-state index < -0.39 is 23.2 Å². The molecule has 0 spiro atoms. The molecule has 120 valence electrons. The van der Waals surface area contributed by atoms with E-state index in [-0.39, 0.29) is 18.6 Å². The maximum Gasteiger partial charge on any atom is 0.328 e. The van der Waals surface area contributed by atoms with E-state index in [0.717, 1.165) is 12.1 Å². The molecule has 1 atom stereocenters. The molecule has 0 aliphatic heterocycles. The van der Waals surface area contributed by atoms with Crippen molar-refractivity contribution in [1.82, 2.24) is 4.98 Å². The fourth-order valence-corrected chi connectivity index (χ4v) is 2.34. The van der Waals surface area contributed by atoms with Crippen molar-refractivity contribution in [2.75, 3.05) is 6.61 Å². The maximum absolute atomic E-state index is 13.2. The number of benzene rings is 1. The second-order valence-electron chi connectivity index (χ2n) is 4.94. The van der Waals surface area contributed by atoms with Crippen molar-refractivity contribution in [3.63, 3.8) is 0 Å². The van der Waals surface area contributed by atoms with Gasteiger partial charge in [0.05, 0.1) is 6.61 Å². The maximum atomic E-state index is 13.2. The number of carboxylic acid groups (broad SMARTS) is 1. The number of aromatic nitrogens is 1. The molecule has 1 unspecified atom stereocenters. The summed E-state index contributed by atoms with van der Waals surface area (Å²) in [5.74, 6) is -2.78. The second kappa shape index (κ2) is 7.00. The van der Waals surface area contributed by atoms with Gasteiger partial charge in [0.1, 0.15) is 5.82 Å². The van der Waals surface area contributed by atoms with Crippen molar-refractivity contribution in [2.24, 2.45) is 0 Å². The Hall–Kier alpha value is -2.76. The first-order valence-corrected chi connectivity index (χ1v) is 7.07. The first-order valence-electron chi connectivity index (χ1n) is 7.07. The number of hydrogen-bond acceptors (Lipinski definition) is 4. The van der Waals surface area contributed by atoms with Gasteiger partial charge >= 0.3 is 11.9 Å². The fraction of sp³-hybridized carbons (Fsp3) is 0.235. The minimum atomic E-state index is -1.97. The Kier molecular flexibility index (Phi) is 5.05. The van der Waals surface area contributed by atoms with Crippen LogP contribution in [0.4, 0.5) is 4.39 Å². The zero-order valence-corrected chi connectivity index (χ0v) is 12.5. The average molecular weight is 317 g/mol. The second-order valence-corrected chi connectivity index (χ2v) is 4.94. The van der Waals surface area contributed by atoms with Crippen LogP contribution in [0.5, 0.6) is 0 Å². The molecule has 0 aliphatic rings. The molecule has 6 heteroatoms. The van der Waals surface area contributed by atoms with Crippen molar-refractivity contribution in [2.45, 2.75) is 18.8 Å². The lowest BCUT2D eigenvalue weighted by Gasteiger charge is -2.27. The predicted octanol–water partition coefficient (Wildman–Crippen LogP) is 2.35. The summed E-state index contributed by atoms with van der Waals surface area (Å²) < 4.78 is 18.2. The molecule has 0 amide bonds. The molecular weight excluding hydrogens is 301 g/mol. The lowest BCUT2D eigenvalue weighted by Crippen LogP contribution is -2.47. The van der Waals surface area contributed by atoms with Gasteiger partial charge in [0, 0.05) is 18.3 Å². The van der Waals surface area contributed by atoms with Crippen LogP contribution in [0.3, 0.4) is 0 Å². The van der Waals surface area contributed by atoms with Gasteiger partial charge in [-0.05, 0) is 36.8 Å². The molecule has 5 nitrogen and oxygen atoms in total. The molecule has 0 radical (unpaired) electrons. The highest BCUT2D eigenvalue weighted by molar-refractivity contribution is 6.05. The summed E-state index contributed by atoms with van der Waals surface area (Å²) in [4.78, 5) is 28.6.